The molecule has 0 atom stereocenters. The lowest BCUT2D eigenvalue weighted by molar-refractivity contribution is -0.113. The van der Waals surface area contributed by atoms with Crippen molar-refractivity contribution >= 4 is 51.8 Å². The summed E-state index contributed by atoms with van der Waals surface area (Å²) in [5, 5.41) is 14.0. The van der Waals surface area contributed by atoms with Crippen LogP contribution in [0.15, 0.2) is 123 Å². The number of nitrogens with zero attached hydrogens (tertiary/aromatic N) is 5. The number of carbonyl (C=O) groups is 2. The van der Waals surface area contributed by atoms with Crippen LogP contribution in [-0.2, 0) is 4.79 Å². The molecule has 6 rings (SSSR count). The predicted molar refractivity (Wildman–Crippen MR) is 183 cm³/mol. The lowest BCUT2D eigenvalue weighted by Crippen LogP contribution is -2.30. The fourth-order valence-electron chi connectivity index (χ4n) is 5.12. The SMILES string of the molecule is COc1ccc(/C(N=Nc2ccccc2C)=N\NC(=O)c2ccc(N3C(=O)/C(=C\c4c[nH]c5ccccc45)N=C3C)cc2)cc1OC. The predicted octanol–water partition coefficient (Wildman–Crippen LogP) is 7.18. The van der Waals surface area contributed by atoms with E-state index in [4.69, 9.17) is 9.47 Å². The van der Waals surface area contributed by atoms with Gasteiger partial charge in [0, 0.05) is 33.8 Å². The number of amidine groups is 2. The molecule has 2 heterocycles. The number of benzene rings is 4. The maximum absolute atomic E-state index is 13.4. The van der Waals surface area contributed by atoms with Crippen LogP contribution < -0.4 is 19.8 Å². The van der Waals surface area contributed by atoms with Gasteiger partial charge < -0.3 is 14.5 Å². The van der Waals surface area contributed by atoms with Gasteiger partial charge >= 0.3 is 0 Å². The molecule has 11 heteroatoms. The number of hydrogen-bond donors (Lipinski definition) is 2. The molecule has 11 nitrogen and oxygen atoms in total. The number of hydrogen-bond acceptors (Lipinski definition) is 7. The van der Waals surface area contributed by atoms with Crippen molar-refractivity contribution in [2.24, 2.45) is 20.3 Å². The van der Waals surface area contributed by atoms with Crippen molar-refractivity contribution in [1.29, 1.82) is 0 Å². The number of anilines is 1. The van der Waals surface area contributed by atoms with Crippen LogP contribution in [0.2, 0.25) is 0 Å². The van der Waals surface area contributed by atoms with Gasteiger partial charge in [-0.25, -0.2) is 10.4 Å². The van der Waals surface area contributed by atoms with Crippen LogP contribution in [0.5, 0.6) is 11.5 Å². The number of nitrogens with one attached hydrogen (secondary N) is 2. The summed E-state index contributed by atoms with van der Waals surface area (Å²) in [5.74, 6) is 0.963. The molecule has 4 aromatic carbocycles. The topological polar surface area (TPSA) is 133 Å². The lowest BCUT2D eigenvalue weighted by atomic mass is 10.1. The molecule has 0 aliphatic carbocycles. The summed E-state index contributed by atoms with van der Waals surface area (Å²) in [7, 11) is 3.08. The van der Waals surface area contributed by atoms with Crippen LogP contribution >= 0.6 is 0 Å². The number of azo groups is 1. The highest BCUT2D eigenvalue weighted by molar-refractivity contribution is 6.28. The molecule has 0 fully saturated rings. The van der Waals surface area contributed by atoms with E-state index in [-0.39, 0.29) is 11.7 Å². The van der Waals surface area contributed by atoms with Crippen molar-refractivity contribution < 1.29 is 19.1 Å². The molecule has 234 valence electrons. The molecular formula is C36H31N7O4. The Hall–Kier alpha value is -6.36. The number of rotatable bonds is 8. The number of aryl methyl sites for hydroxylation is 1. The number of aromatic nitrogens is 1. The van der Waals surface area contributed by atoms with Crippen molar-refractivity contribution in [3.05, 3.63) is 125 Å². The van der Waals surface area contributed by atoms with E-state index in [1.807, 2.05) is 61.7 Å². The number of H-pyrrole nitrogens is 1. The van der Waals surface area contributed by atoms with E-state index in [1.54, 1.807) is 62.6 Å². The smallest absolute Gasteiger partial charge is 0.282 e. The van der Waals surface area contributed by atoms with Crippen LogP contribution in [-0.4, -0.2) is 42.7 Å². The third kappa shape index (κ3) is 6.40. The Morgan fingerprint density at radius 3 is 2.38 bits per heavy atom. The number of hydrazone groups is 1. The Kier molecular flexibility index (Phi) is 8.69. The van der Waals surface area contributed by atoms with Gasteiger partial charge in [-0.2, -0.15) is 0 Å². The Balaban J connectivity index is 1.22. The Bertz CT molecular complexity index is 2110. The Morgan fingerprint density at radius 1 is 0.894 bits per heavy atom. The number of aliphatic imine (C=N–C) groups is 1. The average molecular weight is 626 g/mol. The molecule has 2 amide bonds. The molecule has 1 aliphatic heterocycles. The molecule has 1 aromatic heterocycles. The molecule has 0 bridgehead atoms. The van der Waals surface area contributed by atoms with E-state index < -0.39 is 5.91 Å². The van der Waals surface area contributed by atoms with Crippen LogP contribution in [0.3, 0.4) is 0 Å². The highest BCUT2D eigenvalue weighted by atomic mass is 16.5. The summed E-state index contributed by atoms with van der Waals surface area (Å²) in [6.07, 6.45) is 3.63. The van der Waals surface area contributed by atoms with E-state index >= 15 is 0 Å². The van der Waals surface area contributed by atoms with Crippen molar-refractivity contribution in [2.75, 3.05) is 19.1 Å². The van der Waals surface area contributed by atoms with Gasteiger partial charge in [-0.15, -0.1) is 15.3 Å². The molecular weight excluding hydrogens is 594 g/mol. The number of amides is 2. The molecule has 0 spiro atoms. The van der Waals surface area contributed by atoms with E-state index in [9.17, 15) is 9.59 Å². The molecule has 5 aromatic rings. The fraction of sp³-hybridized carbons (Fsp3) is 0.111. The average Bonchev–Trinajstić information content (AvgIpc) is 3.63. The first-order valence-corrected chi connectivity index (χ1v) is 14.7. The number of para-hydroxylation sites is 1. The fourth-order valence-corrected chi connectivity index (χ4v) is 5.12. The monoisotopic (exact) mass is 625 g/mol. The second-order valence-corrected chi connectivity index (χ2v) is 10.6. The van der Waals surface area contributed by atoms with Gasteiger partial charge in [0.2, 0.25) is 5.84 Å². The van der Waals surface area contributed by atoms with Gasteiger partial charge in [0.15, 0.2) is 11.5 Å². The lowest BCUT2D eigenvalue weighted by Gasteiger charge is -2.16. The summed E-state index contributed by atoms with van der Waals surface area (Å²) in [6.45, 7) is 3.70. The highest BCUT2D eigenvalue weighted by Crippen LogP contribution is 2.29. The first-order valence-electron chi connectivity index (χ1n) is 14.7. The van der Waals surface area contributed by atoms with Crippen LogP contribution in [0, 0.1) is 6.92 Å². The number of methoxy groups -OCH3 is 2. The van der Waals surface area contributed by atoms with Gasteiger partial charge in [0.05, 0.1) is 25.6 Å². The number of fused-ring (bicyclic) bond motifs is 1. The van der Waals surface area contributed by atoms with Crippen LogP contribution in [0.1, 0.15) is 34.0 Å². The standard InChI is InChI=1S/C36H31N7O4/c1-22-9-5-7-11-29(22)39-40-34(25-15-18-32(46-3)33(20-25)47-4)41-42-35(44)24-13-16-27(17-14-24)43-23(2)38-31(36(43)45)19-26-21-37-30-12-8-6-10-28(26)30/h5-21,37H,1-4H3,(H,42,44)/b31-19+,40-39?,41-34+. The second-order valence-electron chi connectivity index (χ2n) is 10.6. The maximum Gasteiger partial charge on any atom is 0.282 e. The minimum Gasteiger partial charge on any atom is -0.493 e. The zero-order valence-electron chi connectivity index (χ0n) is 26.2. The number of carbonyl (C=O) groups excluding carboxylic acids is 2. The molecule has 1 aliphatic rings. The minimum atomic E-state index is -0.473. The summed E-state index contributed by atoms with van der Waals surface area (Å²) in [4.78, 5) is 35.8. The summed E-state index contributed by atoms with van der Waals surface area (Å²) >= 11 is 0. The number of ether oxygens (including phenoxy) is 2. The van der Waals surface area contributed by atoms with E-state index in [1.165, 1.54) is 12.0 Å². The van der Waals surface area contributed by atoms with Crippen LogP contribution in [0.4, 0.5) is 11.4 Å². The summed E-state index contributed by atoms with van der Waals surface area (Å²) in [5.41, 5.74) is 7.81. The van der Waals surface area contributed by atoms with Crippen molar-refractivity contribution in [3.8, 4) is 11.5 Å². The van der Waals surface area contributed by atoms with Crippen molar-refractivity contribution in [1.82, 2.24) is 10.4 Å². The molecule has 2 N–H and O–H groups in total. The van der Waals surface area contributed by atoms with E-state index in [0.29, 0.717) is 45.5 Å². The van der Waals surface area contributed by atoms with Gasteiger partial charge in [0.25, 0.3) is 11.8 Å². The Labute approximate surface area is 271 Å². The van der Waals surface area contributed by atoms with Gasteiger partial charge in [-0.3, -0.25) is 14.5 Å². The van der Waals surface area contributed by atoms with E-state index in [2.05, 4.69) is 30.7 Å². The third-order valence-corrected chi connectivity index (χ3v) is 7.60. The zero-order chi connectivity index (χ0) is 32.9. The first-order chi connectivity index (χ1) is 22.9. The van der Waals surface area contributed by atoms with E-state index in [0.717, 1.165) is 22.0 Å². The molecule has 0 radical (unpaired) electrons. The summed E-state index contributed by atoms with van der Waals surface area (Å²) in [6, 6.07) is 27.2. The summed E-state index contributed by atoms with van der Waals surface area (Å²) < 4.78 is 10.8. The molecule has 0 saturated carbocycles. The Morgan fingerprint density at radius 2 is 1.62 bits per heavy atom. The van der Waals surface area contributed by atoms with Crippen molar-refractivity contribution in [3.63, 3.8) is 0 Å². The third-order valence-electron chi connectivity index (χ3n) is 7.60. The normalized spacial score (nSPS) is 14.3. The van der Waals surface area contributed by atoms with Gasteiger partial charge in [-0.1, -0.05) is 36.4 Å². The quantitative estimate of drug-likeness (QED) is 0.0622. The number of aromatic amines is 1. The van der Waals surface area contributed by atoms with Gasteiger partial charge in [-0.05, 0) is 80.1 Å². The van der Waals surface area contributed by atoms with Crippen molar-refractivity contribution in [2.45, 2.75) is 13.8 Å². The zero-order valence-corrected chi connectivity index (χ0v) is 26.2. The largest absolute Gasteiger partial charge is 0.493 e. The maximum atomic E-state index is 13.4. The van der Waals surface area contributed by atoms with Crippen LogP contribution in [0.25, 0.3) is 17.0 Å². The highest BCUT2D eigenvalue weighted by Gasteiger charge is 2.29. The molecule has 47 heavy (non-hydrogen) atoms. The molecule has 0 unspecified atom stereocenters. The van der Waals surface area contributed by atoms with Gasteiger partial charge in [0.1, 0.15) is 11.5 Å². The minimum absolute atomic E-state index is 0.156. The molecule has 0 saturated heterocycles. The second kappa shape index (κ2) is 13.3. The first kappa shape index (κ1) is 30.7.